The largest absolute Gasteiger partial charge is 0.330 e. The first kappa shape index (κ1) is 9.44. The summed E-state index contributed by atoms with van der Waals surface area (Å²) >= 11 is 0. The zero-order valence-electron chi connectivity index (χ0n) is 8.26. The van der Waals surface area contributed by atoms with Crippen LogP contribution in [-0.2, 0) is 0 Å². The van der Waals surface area contributed by atoms with Gasteiger partial charge in [0.1, 0.15) is 0 Å². The Morgan fingerprint density at radius 3 is 2.46 bits per heavy atom. The van der Waals surface area contributed by atoms with Crippen molar-refractivity contribution in [2.45, 2.75) is 31.8 Å². The molecule has 0 aromatic carbocycles. The molecule has 0 spiro atoms. The van der Waals surface area contributed by atoms with Gasteiger partial charge in [-0.05, 0) is 31.2 Å². The second-order valence-corrected chi connectivity index (χ2v) is 4.33. The van der Waals surface area contributed by atoms with E-state index in [1.54, 1.807) is 0 Å². The van der Waals surface area contributed by atoms with Crippen LogP contribution in [0.4, 0.5) is 0 Å². The van der Waals surface area contributed by atoms with E-state index in [0.29, 0.717) is 6.17 Å². The molecular formula is C10H21N3. The summed E-state index contributed by atoms with van der Waals surface area (Å²) in [5.41, 5.74) is 5.81. The maximum atomic E-state index is 5.81. The fourth-order valence-electron chi connectivity index (χ4n) is 2.80. The lowest BCUT2D eigenvalue weighted by Crippen LogP contribution is -2.45. The number of hydrogen-bond acceptors (Lipinski definition) is 3. The van der Waals surface area contributed by atoms with E-state index in [2.05, 4.69) is 10.6 Å². The van der Waals surface area contributed by atoms with Crippen molar-refractivity contribution in [3.63, 3.8) is 0 Å². The van der Waals surface area contributed by atoms with E-state index in [-0.39, 0.29) is 0 Å². The van der Waals surface area contributed by atoms with Crippen LogP contribution in [0.5, 0.6) is 0 Å². The molecule has 1 aliphatic carbocycles. The Bertz CT molecular complexity index is 152. The van der Waals surface area contributed by atoms with Gasteiger partial charge in [-0.2, -0.15) is 0 Å². The molecule has 3 nitrogen and oxygen atoms in total. The maximum Gasteiger partial charge on any atom is 0.0604 e. The molecule has 4 N–H and O–H groups in total. The third-order valence-electron chi connectivity index (χ3n) is 3.55. The van der Waals surface area contributed by atoms with Crippen LogP contribution in [0.1, 0.15) is 25.7 Å². The molecule has 2 rings (SSSR count). The topological polar surface area (TPSA) is 50.1 Å². The molecule has 0 aromatic rings. The summed E-state index contributed by atoms with van der Waals surface area (Å²) in [6, 6.07) is 0. The predicted octanol–water partition coefficient (Wildman–Crippen LogP) is 0.270. The minimum absolute atomic E-state index is 0.550. The van der Waals surface area contributed by atoms with Gasteiger partial charge in [0.2, 0.25) is 0 Å². The van der Waals surface area contributed by atoms with E-state index in [0.717, 1.165) is 31.5 Å². The van der Waals surface area contributed by atoms with Gasteiger partial charge in [-0.25, -0.2) is 0 Å². The molecule has 0 radical (unpaired) electrons. The van der Waals surface area contributed by atoms with Crippen LogP contribution in [0, 0.1) is 11.8 Å². The number of hydrogen-bond donors (Lipinski definition) is 3. The lowest BCUT2D eigenvalue weighted by molar-refractivity contribution is 0.185. The first-order valence-corrected chi connectivity index (χ1v) is 5.58. The second-order valence-electron chi connectivity index (χ2n) is 4.33. The second kappa shape index (κ2) is 4.40. The highest BCUT2D eigenvalue weighted by Gasteiger charge is 2.31. The normalized spacial score (nSPS) is 36.7. The van der Waals surface area contributed by atoms with Gasteiger partial charge < -0.3 is 16.4 Å². The molecule has 1 saturated heterocycles. The third kappa shape index (κ3) is 2.03. The molecule has 1 aliphatic heterocycles. The van der Waals surface area contributed by atoms with E-state index in [1.807, 2.05) is 0 Å². The van der Waals surface area contributed by atoms with Crippen LogP contribution < -0.4 is 16.4 Å². The summed E-state index contributed by atoms with van der Waals surface area (Å²) in [5, 5.41) is 7.05. The molecule has 2 unspecified atom stereocenters. The summed E-state index contributed by atoms with van der Waals surface area (Å²) in [7, 11) is 0. The first-order valence-electron chi connectivity index (χ1n) is 5.58. The smallest absolute Gasteiger partial charge is 0.0604 e. The van der Waals surface area contributed by atoms with Crippen LogP contribution in [0.2, 0.25) is 0 Å². The standard InChI is InChI=1S/C10H21N3/c11-7-8-3-1-2-4-9(8)10-12-5-6-13-10/h8-10,12-13H,1-7,11H2. The quantitative estimate of drug-likeness (QED) is 0.576. The molecule has 2 aliphatic rings. The minimum atomic E-state index is 0.550. The van der Waals surface area contributed by atoms with Gasteiger partial charge in [0.25, 0.3) is 0 Å². The average Bonchev–Trinajstić information content (AvgIpc) is 2.70. The van der Waals surface area contributed by atoms with Crippen LogP contribution >= 0.6 is 0 Å². The van der Waals surface area contributed by atoms with Gasteiger partial charge in [-0.1, -0.05) is 12.8 Å². The van der Waals surface area contributed by atoms with Crippen molar-refractivity contribution in [1.29, 1.82) is 0 Å². The SMILES string of the molecule is NCC1CCCCC1C1NCCN1. The fraction of sp³-hybridized carbons (Fsp3) is 1.00. The Kier molecular flexibility index (Phi) is 3.19. The Morgan fingerprint density at radius 2 is 1.77 bits per heavy atom. The van der Waals surface area contributed by atoms with Crippen molar-refractivity contribution in [1.82, 2.24) is 10.6 Å². The van der Waals surface area contributed by atoms with Gasteiger partial charge in [0.05, 0.1) is 6.17 Å². The van der Waals surface area contributed by atoms with Gasteiger partial charge in [0, 0.05) is 13.1 Å². The van der Waals surface area contributed by atoms with Crippen LogP contribution in [-0.4, -0.2) is 25.8 Å². The molecule has 0 amide bonds. The summed E-state index contributed by atoms with van der Waals surface area (Å²) in [6.45, 7) is 3.11. The molecule has 0 aromatic heterocycles. The van der Waals surface area contributed by atoms with Gasteiger partial charge in [0.15, 0.2) is 0 Å². The van der Waals surface area contributed by atoms with Gasteiger partial charge >= 0.3 is 0 Å². The molecule has 76 valence electrons. The van der Waals surface area contributed by atoms with Gasteiger partial charge in [-0.15, -0.1) is 0 Å². The average molecular weight is 183 g/mol. The Labute approximate surface area is 80.5 Å². The highest BCUT2D eigenvalue weighted by molar-refractivity contribution is 4.87. The summed E-state index contributed by atoms with van der Waals surface area (Å²) in [4.78, 5) is 0. The van der Waals surface area contributed by atoms with Crippen molar-refractivity contribution in [3.8, 4) is 0 Å². The predicted molar refractivity (Wildman–Crippen MR) is 54.3 cm³/mol. The van der Waals surface area contributed by atoms with Gasteiger partial charge in [-0.3, -0.25) is 0 Å². The number of nitrogens with one attached hydrogen (secondary N) is 2. The Morgan fingerprint density at radius 1 is 1.08 bits per heavy atom. The zero-order valence-corrected chi connectivity index (χ0v) is 8.26. The van der Waals surface area contributed by atoms with E-state index in [1.165, 1.54) is 25.7 Å². The highest BCUT2D eigenvalue weighted by Crippen LogP contribution is 2.31. The molecule has 0 bridgehead atoms. The molecule has 1 saturated carbocycles. The molecule has 13 heavy (non-hydrogen) atoms. The van der Waals surface area contributed by atoms with E-state index < -0.39 is 0 Å². The summed E-state index contributed by atoms with van der Waals surface area (Å²) in [5.74, 6) is 1.53. The van der Waals surface area contributed by atoms with Crippen molar-refractivity contribution in [2.75, 3.05) is 19.6 Å². The van der Waals surface area contributed by atoms with Crippen molar-refractivity contribution >= 4 is 0 Å². The van der Waals surface area contributed by atoms with Crippen LogP contribution in [0.25, 0.3) is 0 Å². The fourth-order valence-corrected chi connectivity index (χ4v) is 2.80. The summed E-state index contributed by atoms with van der Waals surface area (Å²) < 4.78 is 0. The van der Waals surface area contributed by atoms with E-state index in [4.69, 9.17) is 5.73 Å². The Balaban J connectivity index is 1.93. The van der Waals surface area contributed by atoms with Crippen molar-refractivity contribution in [2.24, 2.45) is 17.6 Å². The Hall–Kier alpha value is -0.120. The maximum absolute atomic E-state index is 5.81. The van der Waals surface area contributed by atoms with Crippen LogP contribution in [0.15, 0.2) is 0 Å². The molecule has 2 atom stereocenters. The van der Waals surface area contributed by atoms with E-state index >= 15 is 0 Å². The number of nitrogens with two attached hydrogens (primary N) is 1. The number of rotatable bonds is 2. The van der Waals surface area contributed by atoms with Crippen LogP contribution in [0.3, 0.4) is 0 Å². The van der Waals surface area contributed by atoms with Crippen molar-refractivity contribution in [3.05, 3.63) is 0 Å². The summed E-state index contributed by atoms with van der Waals surface area (Å²) in [6.07, 6.45) is 6.01. The molecular weight excluding hydrogens is 162 g/mol. The molecule has 2 fully saturated rings. The lowest BCUT2D eigenvalue weighted by Gasteiger charge is -2.34. The monoisotopic (exact) mass is 183 g/mol. The minimum Gasteiger partial charge on any atom is -0.330 e. The molecule has 3 heteroatoms. The molecule has 1 heterocycles. The first-order chi connectivity index (χ1) is 6.42. The zero-order chi connectivity index (χ0) is 9.10. The van der Waals surface area contributed by atoms with E-state index in [9.17, 15) is 0 Å². The van der Waals surface area contributed by atoms with Crippen molar-refractivity contribution < 1.29 is 0 Å². The highest BCUT2D eigenvalue weighted by atomic mass is 15.2. The third-order valence-corrected chi connectivity index (χ3v) is 3.55. The lowest BCUT2D eigenvalue weighted by atomic mass is 9.77.